The van der Waals surface area contributed by atoms with Gasteiger partial charge < -0.3 is 10.4 Å². The molecule has 0 heterocycles. The number of nitrogens with one attached hydrogen (secondary N) is 1. The van der Waals surface area contributed by atoms with Crippen LogP contribution in [0.15, 0.2) is 18.2 Å². The molecule has 2 nitrogen and oxygen atoms in total. The molecule has 1 aromatic rings. The summed E-state index contributed by atoms with van der Waals surface area (Å²) >= 11 is 5.77. The van der Waals surface area contributed by atoms with Crippen LogP contribution in [0.5, 0.6) is 0 Å². The molecule has 0 saturated carbocycles. The minimum Gasteiger partial charge on any atom is -0.387 e. The molecule has 2 N–H and O–H groups in total. The Morgan fingerprint density at radius 1 is 1.62 bits per heavy atom. The van der Waals surface area contributed by atoms with Gasteiger partial charge in [0.25, 0.3) is 0 Å². The maximum absolute atomic E-state index is 12.8. The predicted octanol–water partition coefficient (Wildman–Crippen LogP) is 1.73. The highest BCUT2D eigenvalue weighted by atomic mass is 35.5. The molecule has 0 aliphatic carbocycles. The summed E-state index contributed by atoms with van der Waals surface area (Å²) in [5, 5.41) is 12.7. The molecule has 0 aliphatic heterocycles. The molecule has 0 aromatic heterocycles. The number of likely N-dealkylation sites (N-methyl/N-ethyl adjacent to an activating group) is 1. The van der Waals surface area contributed by atoms with Gasteiger partial charge in [0.15, 0.2) is 0 Å². The Bertz CT molecular complexity index is 293. The molecule has 0 aliphatic rings. The van der Waals surface area contributed by atoms with E-state index in [4.69, 9.17) is 11.6 Å². The predicted molar refractivity (Wildman–Crippen MR) is 50.3 cm³/mol. The van der Waals surface area contributed by atoms with E-state index in [1.807, 2.05) is 0 Å². The second-order valence-electron chi connectivity index (χ2n) is 2.74. The smallest absolute Gasteiger partial charge is 0.123 e. The second kappa shape index (κ2) is 4.56. The van der Waals surface area contributed by atoms with Crippen LogP contribution in [0.1, 0.15) is 11.7 Å². The zero-order chi connectivity index (χ0) is 9.84. The first-order valence-electron chi connectivity index (χ1n) is 3.92. The highest BCUT2D eigenvalue weighted by Gasteiger charge is 2.11. The maximum atomic E-state index is 12.8. The van der Waals surface area contributed by atoms with Gasteiger partial charge in [-0.15, -0.1) is 0 Å². The Hall–Kier alpha value is -0.640. The van der Waals surface area contributed by atoms with Gasteiger partial charge in [-0.2, -0.15) is 0 Å². The van der Waals surface area contributed by atoms with Crippen molar-refractivity contribution in [3.63, 3.8) is 0 Å². The highest BCUT2D eigenvalue weighted by molar-refractivity contribution is 6.31. The lowest BCUT2D eigenvalue weighted by Gasteiger charge is -2.11. The summed E-state index contributed by atoms with van der Waals surface area (Å²) in [5.41, 5.74) is 0.413. The van der Waals surface area contributed by atoms with Crippen molar-refractivity contribution in [2.24, 2.45) is 0 Å². The molecule has 0 bridgehead atoms. The average molecular weight is 204 g/mol. The van der Waals surface area contributed by atoms with E-state index >= 15 is 0 Å². The number of hydrogen-bond donors (Lipinski definition) is 2. The Morgan fingerprint density at radius 3 is 2.92 bits per heavy atom. The second-order valence-corrected chi connectivity index (χ2v) is 3.15. The molecular formula is C9H11ClFNO. The number of benzene rings is 1. The highest BCUT2D eigenvalue weighted by Crippen LogP contribution is 2.23. The zero-order valence-corrected chi connectivity index (χ0v) is 7.98. The van der Waals surface area contributed by atoms with Crippen LogP contribution in [0.25, 0.3) is 0 Å². The van der Waals surface area contributed by atoms with Crippen LogP contribution in [0.3, 0.4) is 0 Å². The Morgan fingerprint density at radius 2 is 2.31 bits per heavy atom. The van der Waals surface area contributed by atoms with Crippen molar-refractivity contribution in [2.45, 2.75) is 6.10 Å². The normalized spacial score (nSPS) is 12.9. The summed E-state index contributed by atoms with van der Waals surface area (Å²) < 4.78 is 12.8. The van der Waals surface area contributed by atoms with Crippen LogP contribution in [-0.2, 0) is 0 Å². The van der Waals surface area contributed by atoms with Crippen LogP contribution in [0.4, 0.5) is 4.39 Å². The molecule has 0 radical (unpaired) electrons. The zero-order valence-electron chi connectivity index (χ0n) is 7.22. The number of halogens is 2. The first-order chi connectivity index (χ1) is 6.15. The number of aliphatic hydroxyl groups is 1. The molecule has 0 fully saturated rings. The van der Waals surface area contributed by atoms with E-state index in [0.717, 1.165) is 0 Å². The monoisotopic (exact) mass is 203 g/mol. The molecule has 13 heavy (non-hydrogen) atoms. The lowest BCUT2D eigenvalue weighted by molar-refractivity contribution is 0.177. The largest absolute Gasteiger partial charge is 0.387 e. The molecule has 0 spiro atoms. The summed E-state index contributed by atoms with van der Waals surface area (Å²) in [4.78, 5) is 0. The first-order valence-corrected chi connectivity index (χ1v) is 4.30. The average Bonchev–Trinajstić information content (AvgIpc) is 2.09. The van der Waals surface area contributed by atoms with E-state index in [2.05, 4.69) is 5.32 Å². The van der Waals surface area contributed by atoms with Crippen molar-refractivity contribution in [1.82, 2.24) is 5.32 Å². The summed E-state index contributed by atoms with van der Waals surface area (Å²) in [6.45, 7) is 0.350. The van der Waals surface area contributed by atoms with E-state index in [0.29, 0.717) is 17.1 Å². The number of rotatable bonds is 3. The fraction of sp³-hybridized carbons (Fsp3) is 0.333. The molecule has 4 heteroatoms. The quantitative estimate of drug-likeness (QED) is 0.784. The first kappa shape index (κ1) is 10.4. The van der Waals surface area contributed by atoms with Gasteiger partial charge >= 0.3 is 0 Å². The minimum atomic E-state index is -0.770. The molecule has 1 unspecified atom stereocenters. The van der Waals surface area contributed by atoms with Crippen LogP contribution < -0.4 is 5.32 Å². The fourth-order valence-electron chi connectivity index (χ4n) is 1.07. The third-order valence-corrected chi connectivity index (χ3v) is 2.06. The van der Waals surface area contributed by atoms with Gasteiger partial charge in [0.1, 0.15) is 5.82 Å². The van der Waals surface area contributed by atoms with E-state index in [1.54, 1.807) is 7.05 Å². The maximum Gasteiger partial charge on any atom is 0.123 e. The van der Waals surface area contributed by atoms with Gasteiger partial charge in [-0.1, -0.05) is 11.6 Å². The van der Waals surface area contributed by atoms with E-state index in [-0.39, 0.29) is 0 Å². The van der Waals surface area contributed by atoms with E-state index in [9.17, 15) is 9.50 Å². The van der Waals surface area contributed by atoms with Gasteiger partial charge in [-0.3, -0.25) is 0 Å². The Balaban J connectivity index is 2.91. The molecule has 1 atom stereocenters. The van der Waals surface area contributed by atoms with Crippen LogP contribution in [0.2, 0.25) is 5.02 Å². The summed E-state index contributed by atoms with van der Waals surface area (Å²) in [5.74, 6) is -0.394. The van der Waals surface area contributed by atoms with E-state index < -0.39 is 11.9 Å². The third-order valence-electron chi connectivity index (χ3n) is 1.71. The summed E-state index contributed by atoms with van der Waals surface area (Å²) in [6.07, 6.45) is -0.770. The lowest BCUT2D eigenvalue weighted by Crippen LogP contribution is -2.17. The van der Waals surface area contributed by atoms with Crippen molar-refractivity contribution in [1.29, 1.82) is 0 Å². The van der Waals surface area contributed by atoms with Gasteiger partial charge in [0.05, 0.1) is 6.10 Å². The van der Waals surface area contributed by atoms with Gasteiger partial charge in [-0.05, 0) is 25.2 Å². The molecular weight excluding hydrogens is 193 g/mol. The molecule has 1 rings (SSSR count). The number of aliphatic hydroxyl groups excluding tert-OH is 1. The SMILES string of the molecule is CNCC(O)c1cc(F)ccc1Cl. The van der Waals surface area contributed by atoms with Crippen LogP contribution >= 0.6 is 11.6 Å². The lowest BCUT2D eigenvalue weighted by atomic mass is 10.1. The van der Waals surface area contributed by atoms with Crippen LogP contribution in [-0.4, -0.2) is 18.7 Å². The topological polar surface area (TPSA) is 32.3 Å². The van der Waals surface area contributed by atoms with Crippen molar-refractivity contribution < 1.29 is 9.50 Å². The summed E-state index contributed by atoms with van der Waals surface area (Å²) in [6, 6.07) is 3.94. The standard InChI is InChI=1S/C9H11ClFNO/c1-12-5-9(13)7-4-6(11)2-3-8(7)10/h2-4,9,12-13H,5H2,1H3. The van der Waals surface area contributed by atoms with Gasteiger partial charge in [0.2, 0.25) is 0 Å². The van der Waals surface area contributed by atoms with Crippen molar-refractivity contribution >= 4 is 11.6 Å². The van der Waals surface area contributed by atoms with Gasteiger partial charge in [0, 0.05) is 17.1 Å². The summed E-state index contributed by atoms with van der Waals surface area (Å²) in [7, 11) is 1.70. The Labute approximate surface area is 81.3 Å². The van der Waals surface area contributed by atoms with Crippen LogP contribution in [0, 0.1) is 5.82 Å². The van der Waals surface area contributed by atoms with Crippen molar-refractivity contribution in [2.75, 3.05) is 13.6 Å². The number of hydrogen-bond acceptors (Lipinski definition) is 2. The molecule has 0 amide bonds. The molecule has 72 valence electrons. The van der Waals surface area contributed by atoms with E-state index in [1.165, 1.54) is 18.2 Å². The fourth-order valence-corrected chi connectivity index (χ4v) is 1.32. The van der Waals surface area contributed by atoms with Crippen molar-refractivity contribution in [3.05, 3.63) is 34.6 Å². The van der Waals surface area contributed by atoms with Gasteiger partial charge in [-0.25, -0.2) is 4.39 Å². The Kier molecular flexibility index (Phi) is 3.66. The molecule has 0 saturated heterocycles. The third kappa shape index (κ3) is 2.66. The minimum absolute atomic E-state index is 0.350. The van der Waals surface area contributed by atoms with Crippen molar-refractivity contribution in [3.8, 4) is 0 Å². The molecule has 1 aromatic carbocycles.